The van der Waals surface area contributed by atoms with Gasteiger partial charge in [0, 0.05) is 22.8 Å². The molecule has 7 heteroatoms. The first-order chi connectivity index (χ1) is 18.5. The summed E-state index contributed by atoms with van der Waals surface area (Å²) in [7, 11) is -0.507. The fourth-order valence-corrected chi connectivity index (χ4v) is 9.33. The second-order valence-electron chi connectivity index (χ2n) is 15.1. The molecule has 40 heavy (non-hydrogen) atoms. The van der Waals surface area contributed by atoms with Gasteiger partial charge < -0.3 is 23.7 Å². The van der Waals surface area contributed by atoms with Gasteiger partial charge in [0.1, 0.15) is 11.4 Å². The Labute approximate surface area is 241 Å². The highest BCUT2D eigenvalue weighted by Crippen LogP contribution is 2.63. The first kappa shape index (κ1) is 30.0. The van der Waals surface area contributed by atoms with Crippen LogP contribution in [0.4, 0.5) is 0 Å². The van der Waals surface area contributed by atoms with Crippen molar-refractivity contribution in [2.75, 3.05) is 7.11 Å². The van der Waals surface area contributed by atoms with Crippen molar-refractivity contribution < 1.29 is 28.5 Å². The smallest absolute Gasteiger partial charge is 0.192 e. The van der Waals surface area contributed by atoms with Crippen LogP contribution in [-0.2, 0) is 18.7 Å². The number of fused-ring (bicyclic) bond motifs is 6. The molecule has 5 rings (SSSR count). The summed E-state index contributed by atoms with van der Waals surface area (Å²) in [6, 6.07) is 7.86. The summed E-state index contributed by atoms with van der Waals surface area (Å²) < 4.78 is 26.5. The zero-order valence-electron chi connectivity index (χ0n) is 26.0. The second kappa shape index (κ2) is 9.77. The van der Waals surface area contributed by atoms with E-state index in [4.69, 9.17) is 18.6 Å². The zero-order valence-corrected chi connectivity index (χ0v) is 27.0. The number of ketones is 1. The predicted octanol–water partition coefficient (Wildman–Crippen LogP) is 6.98. The first-order valence-corrected chi connectivity index (χ1v) is 17.9. The van der Waals surface area contributed by atoms with Gasteiger partial charge in [-0.15, -0.1) is 0 Å². The number of methoxy groups -OCH3 is 1. The molecule has 1 N–H and O–H groups in total. The Balaban J connectivity index is 1.65. The maximum absolute atomic E-state index is 14.1. The molecule has 0 unspecified atom stereocenters. The number of aliphatic hydroxyl groups is 1. The molecular formula is C33H50O6Si. The lowest BCUT2D eigenvalue weighted by atomic mass is 9.58. The quantitative estimate of drug-likeness (QED) is 0.311. The molecule has 0 spiro atoms. The molecule has 0 radical (unpaired) electrons. The maximum Gasteiger partial charge on any atom is 0.192 e. The summed E-state index contributed by atoms with van der Waals surface area (Å²) in [6.07, 6.45) is 1.76. The van der Waals surface area contributed by atoms with Crippen molar-refractivity contribution in [3.63, 3.8) is 0 Å². The monoisotopic (exact) mass is 570 g/mol. The van der Waals surface area contributed by atoms with E-state index in [1.54, 1.807) is 7.11 Å². The van der Waals surface area contributed by atoms with Gasteiger partial charge in [-0.3, -0.25) is 4.79 Å². The summed E-state index contributed by atoms with van der Waals surface area (Å²) in [4.78, 5) is 14.1. The van der Waals surface area contributed by atoms with Crippen LogP contribution < -0.4 is 4.74 Å². The third kappa shape index (κ3) is 4.37. The second-order valence-corrected chi connectivity index (χ2v) is 19.9. The Hall–Kier alpha value is -1.51. The van der Waals surface area contributed by atoms with Gasteiger partial charge in [-0.05, 0) is 67.8 Å². The number of allylic oxidation sites excluding steroid dienone is 1. The van der Waals surface area contributed by atoms with Gasteiger partial charge in [0.2, 0.25) is 0 Å². The van der Waals surface area contributed by atoms with E-state index in [2.05, 4.69) is 47.4 Å². The molecule has 6 nitrogen and oxygen atoms in total. The van der Waals surface area contributed by atoms with Crippen LogP contribution in [0.2, 0.25) is 18.1 Å². The van der Waals surface area contributed by atoms with E-state index in [1.165, 1.54) is 0 Å². The lowest BCUT2D eigenvalue weighted by molar-refractivity contribution is -0.156. The number of ether oxygens (including phenoxy) is 3. The van der Waals surface area contributed by atoms with E-state index in [1.807, 2.05) is 38.1 Å². The largest absolute Gasteiger partial charge is 0.497 e. The van der Waals surface area contributed by atoms with Gasteiger partial charge in [-0.2, -0.15) is 0 Å². The van der Waals surface area contributed by atoms with E-state index in [0.29, 0.717) is 12.8 Å². The zero-order chi connectivity index (χ0) is 29.5. The Morgan fingerprint density at radius 2 is 1.73 bits per heavy atom. The minimum absolute atomic E-state index is 0.0376. The van der Waals surface area contributed by atoms with Gasteiger partial charge in [-0.25, -0.2) is 0 Å². The minimum atomic E-state index is -2.17. The average molecular weight is 571 g/mol. The van der Waals surface area contributed by atoms with Gasteiger partial charge in [0.05, 0.1) is 25.4 Å². The molecular weight excluding hydrogens is 520 g/mol. The Bertz CT molecular complexity index is 1150. The van der Waals surface area contributed by atoms with E-state index < -0.39 is 31.0 Å². The molecule has 3 saturated carbocycles. The predicted molar refractivity (Wildman–Crippen MR) is 159 cm³/mol. The van der Waals surface area contributed by atoms with Crippen LogP contribution in [0, 0.1) is 22.7 Å². The molecule has 0 amide bonds. The van der Waals surface area contributed by atoms with E-state index in [-0.39, 0.29) is 47.4 Å². The molecule has 4 fully saturated rings. The molecule has 1 aromatic rings. The lowest BCUT2D eigenvalue weighted by Crippen LogP contribution is -2.60. The molecule has 1 heterocycles. The van der Waals surface area contributed by atoms with Crippen LogP contribution in [0.1, 0.15) is 85.5 Å². The third-order valence-electron chi connectivity index (χ3n) is 11.8. The van der Waals surface area contributed by atoms with Crippen molar-refractivity contribution in [3.05, 3.63) is 42.0 Å². The van der Waals surface area contributed by atoms with Gasteiger partial charge in [-0.1, -0.05) is 65.8 Å². The highest BCUT2D eigenvalue weighted by Gasteiger charge is 2.68. The first-order valence-electron chi connectivity index (χ1n) is 15.0. The highest BCUT2D eigenvalue weighted by molar-refractivity contribution is 6.74. The summed E-state index contributed by atoms with van der Waals surface area (Å²) >= 11 is 0. The van der Waals surface area contributed by atoms with Crippen molar-refractivity contribution in [1.29, 1.82) is 0 Å². The Morgan fingerprint density at radius 1 is 1.07 bits per heavy atom. The van der Waals surface area contributed by atoms with Gasteiger partial charge in [0.15, 0.2) is 20.4 Å². The summed E-state index contributed by atoms with van der Waals surface area (Å²) in [5.41, 5.74) is -0.623. The Kier molecular flexibility index (Phi) is 7.31. The van der Waals surface area contributed by atoms with Crippen molar-refractivity contribution in [2.24, 2.45) is 22.7 Å². The number of Topliss-reactive ketones (excluding diaryl/α,β-unsaturated/α-hetero) is 1. The number of carbonyl (C=O) groups is 1. The van der Waals surface area contributed by atoms with Crippen LogP contribution in [0.3, 0.4) is 0 Å². The molecule has 1 saturated heterocycles. The lowest BCUT2D eigenvalue weighted by Gasteiger charge is -2.55. The number of rotatable bonds is 4. The van der Waals surface area contributed by atoms with Crippen LogP contribution in [0.5, 0.6) is 5.75 Å². The fourth-order valence-electron chi connectivity index (χ4n) is 7.89. The summed E-state index contributed by atoms with van der Waals surface area (Å²) in [6.45, 7) is 22.2. The Morgan fingerprint density at radius 3 is 2.33 bits per heavy atom. The molecule has 8 atom stereocenters. The van der Waals surface area contributed by atoms with E-state index in [0.717, 1.165) is 29.7 Å². The minimum Gasteiger partial charge on any atom is -0.497 e. The molecule has 4 aliphatic rings. The van der Waals surface area contributed by atoms with Crippen LogP contribution in [0.15, 0.2) is 36.4 Å². The van der Waals surface area contributed by atoms with Gasteiger partial charge in [0.25, 0.3) is 0 Å². The summed E-state index contributed by atoms with van der Waals surface area (Å²) in [5.74, 6) is 0.489. The van der Waals surface area contributed by atoms with Gasteiger partial charge >= 0.3 is 0 Å². The van der Waals surface area contributed by atoms with Crippen molar-refractivity contribution >= 4 is 14.1 Å². The maximum atomic E-state index is 14.1. The summed E-state index contributed by atoms with van der Waals surface area (Å²) in [5, 5.41) is 12.1. The number of hydrogen-bond acceptors (Lipinski definition) is 6. The van der Waals surface area contributed by atoms with E-state index >= 15 is 0 Å². The number of hydrogen-bond donors (Lipinski definition) is 1. The van der Waals surface area contributed by atoms with Crippen LogP contribution in [-0.4, -0.2) is 50.2 Å². The number of carbonyl (C=O) groups excluding carboxylic acids is 1. The molecule has 0 aromatic heterocycles. The van der Waals surface area contributed by atoms with Crippen molar-refractivity contribution in [1.82, 2.24) is 0 Å². The fraction of sp³-hybridized carbons (Fsp3) is 0.727. The van der Waals surface area contributed by atoms with Crippen LogP contribution >= 0.6 is 0 Å². The average Bonchev–Trinajstić information content (AvgIpc) is 3.42. The van der Waals surface area contributed by atoms with Crippen LogP contribution in [0.25, 0.3) is 0 Å². The van der Waals surface area contributed by atoms with Crippen molar-refractivity contribution in [3.8, 4) is 5.75 Å². The molecule has 1 aromatic carbocycles. The molecule has 1 aliphatic heterocycles. The standard InChI is InChI=1S/C33H50O6Si/c1-20-11-16-26(39-40(9,10)30(2,3)4)32(7)24(20)19-25(34)33(35)18-17-23(31(33,5)6)27-28(32)38-29(37-27)21-12-14-22(36-8)15-13-21/h12-15,23-24,26-29,35H,1,11,16-19H2,2-10H3/t23-,24+,26-,27+,28-,29+,32-,33-/m0/s1. The molecule has 222 valence electrons. The molecule has 2 bridgehead atoms. The van der Waals surface area contributed by atoms with E-state index in [9.17, 15) is 9.90 Å². The number of benzene rings is 1. The topological polar surface area (TPSA) is 74.2 Å². The highest BCUT2D eigenvalue weighted by atomic mass is 28.4. The van der Waals surface area contributed by atoms with Crippen molar-refractivity contribution in [2.45, 2.75) is 122 Å². The normalized spacial score (nSPS) is 39.6. The third-order valence-corrected chi connectivity index (χ3v) is 16.3. The SMILES string of the molecule is C=C1CC[C@H](O[Si](C)(C)C(C)(C)C)[C@]2(C)[C@@H]1CC(=O)[C@@]1(O)CC[C@@H]([C@H]3O[C@@H](c4ccc(OC)cc4)O[C@@H]32)C1(C)C. The molecule has 3 aliphatic carbocycles.